The summed E-state index contributed by atoms with van der Waals surface area (Å²) in [4.78, 5) is 11.4. The molecule has 15 heavy (non-hydrogen) atoms. The van der Waals surface area contributed by atoms with Gasteiger partial charge in [-0.2, -0.15) is 0 Å². The van der Waals surface area contributed by atoms with Crippen LogP contribution in [0.3, 0.4) is 0 Å². The van der Waals surface area contributed by atoms with Gasteiger partial charge in [-0.1, -0.05) is 47.0 Å². The predicted octanol–water partition coefficient (Wildman–Crippen LogP) is 3.93. The number of carbonyl (C=O) groups excluding carboxylic acids is 1. The molecular weight excluding hydrogens is 188 g/mol. The van der Waals surface area contributed by atoms with Crippen molar-refractivity contribution in [2.75, 3.05) is 0 Å². The van der Waals surface area contributed by atoms with Crippen LogP contribution in [0.5, 0.6) is 0 Å². The highest BCUT2D eigenvalue weighted by molar-refractivity contribution is 5.71. The number of carbonyl (C=O) groups is 1. The molecule has 0 saturated heterocycles. The Bertz CT molecular complexity index is 164. The van der Waals surface area contributed by atoms with E-state index < -0.39 is 0 Å². The second-order valence-corrected chi connectivity index (χ2v) is 4.47. The van der Waals surface area contributed by atoms with E-state index in [-0.39, 0.29) is 18.0 Å². The van der Waals surface area contributed by atoms with Gasteiger partial charge in [-0.3, -0.25) is 4.79 Å². The SMILES string of the molecule is CCCCCCC(CC)OC(=O)C(C)C. The Kier molecular flexibility index (Phi) is 8.44. The average Bonchev–Trinajstić information content (AvgIpc) is 2.22. The van der Waals surface area contributed by atoms with Crippen LogP contribution in [-0.4, -0.2) is 12.1 Å². The van der Waals surface area contributed by atoms with Crippen LogP contribution >= 0.6 is 0 Å². The van der Waals surface area contributed by atoms with Crippen LogP contribution in [0.1, 0.15) is 66.2 Å². The molecule has 0 rings (SSSR count). The Morgan fingerprint density at radius 2 is 1.80 bits per heavy atom. The lowest BCUT2D eigenvalue weighted by Gasteiger charge is -2.17. The van der Waals surface area contributed by atoms with E-state index in [2.05, 4.69) is 13.8 Å². The maximum Gasteiger partial charge on any atom is 0.308 e. The van der Waals surface area contributed by atoms with Crippen molar-refractivity contribution in [2.45, 2.75) is 72.3 Å². The second-order valence-electron chi connectivity index (χ2n) is 4.47. The maximum absolute atomic E-state index is 11.4. The van der Waals surface area contributed by atoms with Crippen molar-refractivity contribution in [2.24, 2.45) is 5.92 Å². The number of ether oxygens (including phenoxy) is 1. The summed E-state index contributed by atoms with van der Waals surface area (Å²) < 4.78 is 5.40. The van der Waals surface area contributed by atoms with Gasteiger partial charge < -0.3 is 4.74 Å². The lowest BCUT2D eigenvalue weighted by atomic mass is 10.1. The van der Waals surface area contributed by atoms with Gasteiger partial charge in [0, 0.05) is 0 Å². The quantitative estimate of drug-likeness (QED) is 0.452. The molecule has 0 bridgehead atoms. The van der Waals surface area contributed by atoms with Gasteiger partial charge in [-0.25, -0.2) is 0 Å². The van der Waals surface area contributed by atoms with Crippen LogP contribution < -0.4 is 0 Å². The molecule has 0 N–H and O–H groups in total. The minimum Gasteiger partial charge on any atom is -0.462 e. The molecule has 0 spiro atoms. The van der Waals surface area contributed by atoms with Crippen LogP contribution in [-0.2, 0) is 9.53 Å². The number of unbranched alkanes of at least 4 members (excludes halogenated alkanes) is 3. The van der Waals surface area contributed by atoms with Gasteiger partial charge in [-0.15, -0.1) is 0 Å². The van der Waals surface area contributed by atoms with Gasteiger partial charge in [0.1, 0.15) is 6.10 Å². The van der Waals surface area contributed by atoms with Crippen LogP contribution in [0.4, 0.5) is 0 Å². The average molecular weight is 214 g/mol. The third-order valence-electron chi connectivity index (χ3n) is 2.59. The second kappa shape index (κ2) is 8.75. The molecule has 0 heterocycles. The molecule has 1 unspecified atom stereocenters. The fourth-order valence-corrected chi connectivity index (χ4v) is 1.45. The van der Waals surface area contributed by atoms with Gasteiger partial charge in [0.15, 0.2) is 0 Å². The van der Waals surface area contributed by atoms with Crippen molar-refractivity contribution in [3.63, 3.8) is 0 Å². The molecule has 0 aromatic rings. The Balaban J connectivity index is 3.68. The summed E-state index contributed by atoms with van der Waals surface area (Å²) >= 11 is 0. The highest BCUT2D eigenvalue weighted by Gasteiger charge is 2.14. The zero-order valence-corrected chi connectivity index (χ0v) is 10.7. The number of rotatable bonds is 8. The van der Waals surface area contributed by atoms with Crippen molar-refractivity contribution in [1.29, 1.82) is 0 Å². The van der Waals surface area contributed by atoms with Crippen LogP contribution in [0.2, 0.25) is 0 Å². The first-order chi connectivity index (χ1) is 7.11. The summed E-state index contributed by atoms with van der Waals surface area (Å²) in [5.74, 6) is -0.0629. The molecule has 90 valence electrons. The van der Waals surface area contributed by atoms with Crippen LogP contribution in [0.15, 0.2) is 0 Å². The van der Waals surface area contributed by atoms with E-state index in [1.807, 2.05) is 13.8 Å². The van der Waals surface area contributed by atoms with E-state index in [1.54, 1.807) is 0 Å². The summed E-state index contributed by atoms with van der Waals surface area (Å²) in [5.41, 5.74) is 0. The minimum absolute atomic E-state index is 0.00491. The summed E-state index contributed by atoms with van der Waals surface area (Å²) in [6.45, 7) is 8.05. The number of hydrogen-bond donors (Lipinski definition) is 0. The largest absolute Gasteiger partial charge is 0.462 e. The smallest absolute Gasteiger partial charge is 0.308 e. The van der Waals surface area contributed by atoms with Crippen LogP contribution in [0, 0.1) is 5.92 Å². The zero-order chi connectivity index (χ0) is 11.7. The lowest BCUT2D eigenvalue weighted by Crippen LogP contribution is -2.21. The maximum atomic E-state index is 11.4. The molecule has 2 nitrogen and oxygen atoms in total. The molecule has 2 heteroatoms. The molecule has 0 aromatic heterocycles. The van der Waals surface area contributed by atoms with E-state index >= 15 is 0 Å². The monoisotopic (exact) mass is 214 g/mol. The molecule has 0 amide bonds. The summed E-state index contributed by atoms with van der Waals surface area (Å²) in [6.07, 6.45) is 7.07. The normalized spacial score (nSPS) is 12.9. The third kappa shape index (κ3) is 7.40. The molecule has 0 aliphatic carbocycles. The molecule has 0 aromatic carbocycles. The van der Waals surface area contributed by atoms with E-state index in [4.69, 9.17) is 4.74 Å². The van der Waals surface area contributed by atoms with Crippen LogP contribution in [0.25, 0.3) is 0 Å². The highest BCUT2D eigenvalue weighted by Crippen LogP contribution is 2.12. The fourth-order valence-electron chi connectivity index (χ4n) is 1.45. The minimum atomic E-state index is -0.0580. The van der Waals surface area contributed by atoms with Crippen molar-refractivity contribution in [1.82, 2.24) is 0 Å². The number of hydrogen-bond acceptors (Lipinski definition) is 2. The topological polar surface area (TPSA) is 26.3 Å². The zero-order valence-electron chi connectivity index (χ0n) is 10.7. The van der Waals surface area contributed by atoms with Gasteiger partial charge in [-0.05, 0) is 19.3 Å². The van der Waals surface area contributed by atoms with E-state index in [0.717, 1.165) is 12.8 Å². The Labute approximate surface area is 94.4 Å². The Morgan fingerprint density at radius 1 is 1.13 bits per heavy atom. The van der Waals surface area contributed by atoms with Crippen molar-refractivity contribution in [3.8, 4) is 0 Å². The molecule has 0 fully saturated rings. The van der Waals surface area contributed by atoms with Crippen molar-refractivity contribution >= 4 is 5.97 Å². The van der Waals surface area contributed by atoms with E-state index in [9.17, 15) is 4.79 Å². The first-order valence-electron chi connectivity index (χ1n) is 6.32. The predicted molar refractivity (Wildman–Crippen MR) is 63.8 cm³/mol. The van der Waals surface area contributed by atoms with Crippen molar-refractivity contribution in [3.05, 3.63) is 0 Å². The standard InChI is InChI=1S/C13H26O2/c1-5-7-8-9-10-12(6-2)15-13(14)11(3)4/h11-12H,5-10H2,1-4H3. The first-order valence-corrected chi connectivity index (χ1v) is 6.32. The number of esters is 1. The molecular formula is C13H26O2. The molecule has 0 saturated carbocycles. The first kappa shape index (κ1) is 14.5. The fraction of sp³-hybridized carbons (Fsp3) is 0.923. The van der Waals surface area contributed by atoms with Gasteiger partial charge in [0.25, 0.3) is 0 Å². The van der Waals surface area contributed by atoms with E-state index in [0.29, 0.717) is 0 Å². The Morgan fingerprint density at radius 3 is 2.27 bits per heavy atom. The van der Waals surface area contributed by atoms with E-state index in [1.165, 1.54) is 25.7 Å². The van der Waals surface area contributed by atoms with Gasteiger partial charge >= 0.3 is 5.97 Å². The van der Waals surface area contributed by atoms with Gasteiger partial charge in [0.05, 0.1) is 5.92 Å². The lowest BCUT2D eigenvalue weighted by molar-refractivity contribution is -0.153. The molecule has 0 radical (unpaired) electrons. The summed E-state index contributed by atoms with van der Waals surface area (Å²) in [6, 6.07) is 0. The molecule has 0 aliphatic rings. The summed E-state index contributed by atoms with van der Waals surface area (Å²) in [5, 5.41) is 0. The molecule has 0 aliphatic heterocycles. The summed E-state index contributed by atoms with van der Waals surface area (Å²) in [7, 11) is 0. The molecule has 1 atom stereocenters. The van der Waals surface area contributed by atoms with Gasteiger partial charge in [0.2, 0.25) is 0 Å². The van der Waals surface area contributed by atoms with Crippen molar-refractivity contribution < 1.29 is 9.53 Å². The Hall–Kier alpha value is -0.530. The highest BCUT2D eigenvalue weighted by atomic mass is 16.5. The third-order valence-corrected chi connectivity index (χ3v) is 2.59.